The number of halogens is 1. The normalized spacial score (nSPS) is 17.0. The number of hydrogen-bond donors (Lipinski definition) is 3. The molecule has 0 bridgehead atoms. The Labute approximate surface area is 121 Å². The van der Waals surface area contributed by atoms with Crippen LogP contribution in [0.4, 0.5) is 0 Å². The highest BCUT2D eigenvalue weighted by molar-refractivity contribution is 5.85. The van der Waals surface area contributed by atoms with E-state index < -0.39 is 6.04 Å². The quantitative estimate of drug-likeness (QED) is 0.582. The van der Waals surface area contributed by atoms with Crippen LogP contribution in [-0.4, -0.2) is 30.4 Å². The van der Waals surface area contributed by atoms with E-state index in [0.717, 1.165) is 19.3 Å². The highest BCUT2D eigenvalue weighted by Gasteiger charge is 2.23. The van der Waals surface area contributed by atoms with Crippen LogP contribution in [-0.2, 0) is 9.59 Å². The largest absolute Gasteiger partial charge is 0.355 e. The van der Waals surface area contributed by atoms with Gasteiger partial charge in [0.15, 0.2) is 0 Å². The van der Waals surface area contributed by atoms with Crippen LogP contribution in [0.2, 0.25) is 0 Å². The van der Waals surface area contributed by atoms with E-state index in [1.54, 1.807) is 0 Å². The SMILES string of the molecule is CCC(C)C(N)C(=O)NCCCC(=O)NC1CC1.Cl. The smallest absolute Gasteiger partial charge is 0.237 e. The minimum absolute atomic E-state index is 0. The number of hydrogen-bond acceptors (Lipinski definition) is 3. The van der Waals surface area contributed by atoms with Gasteiger partial charge >= 0.3 is 0 Å². The second-order valence-electron chi connectivity index (χ2n) is 5.15. The van der Waals surface area contributed by atoms with Gasteiger partial charge in [-0.3, -0.25) is 9.59 Å². The highest BCUT2D eigenvalue weighted by atomic mass is 35.5. The predicted octanol–water partition coefficient (Wildman–Crippen LogP) is 0.957. The fourth-order valence-electron chi connectivity index (χ4n) is 1.62. The van der Waals surface area contributed by atoms with Gasteiger partial charge < -0.3 is 16.4 Å². The maximum Gasteiger partial charge on any atom is 0.237 e. The molecule has 0 aliphatic heterocycles. The summed E-state index contributed by atoms with van der Waals surface area (Å²) in [5.41, 5.74) is 5.80. The molecular weight excluding hydrogens is 266 g/mol. The van der Waals surface area contributed by atoms with Gasteiger partial charge in [0.25, 0.3) is 0 Å². The Morgan fingerprint density at radius 2 is 2.00 bits per heavy atom. The standard InChI is InChI=1S/C13H25N3O2.ClH/c1-3-9(2)12(14)13(18)15-8-4-5-11(17)16-10-6-7-10;/h9-10,12H,3-8,14H2,1-2H3,(H,15,18)(H,16,17);1H. The third kappa shape index (κ3) is 7.38. The van der Waals surface area contributed by atoms with Crippen LogP contribution < -0.4 is 16.4 Å². The van der Waals surface area contributed by atoms with Crippen molar-refractivity contribution in [2.45, 2.75) is 58.0 Å². The molecule has 0 radical (unpaired) electrons. The molecule has 1 aliphatic carbocycles. The van der Waals surface area contributed by atoms with Crippen molar-refractivity contribution in [3.8, 4) is 0 Å². The zero-order valence-corrected chi connectivity index (χ0v) is 12.6. The number of rotatable bonds is 8. The topological polar surface area (TPSA) is 84.2 Å². The van der Waals surface area contributed by atoms with E-state index in [1.807, 2.05) is 13.8 Å². The predicted molar refractivity (Wildman–Crippen MR) is 78.1 cm³/mol. The van der Waals surface area contributed by atoms with Gasteiger partial charge in [-0.15, -0.1) is 12.4 Å². The summed E-state index contributed by atoms with van der Waals surface area (Å²) in [7, 11) is 0. The molecule has 2 unspecified atom stereocenters. The van der Waals surface area contributed by atoms with Crippen molar-refractivity contribution in [3.05, 3.63) is 0 Å². The summed E-state index contributed by atoms with van der Waals surface area (Å²) >= 11 is 0. The van der Waals surface area contributed by atoms with Crippen molar-refractivity contribution >= 4 is 24.2 Å². The van der Waals surface area contributed by atoms with Crippen molar-refractivity contribution in [2.24, 2.45) is 11.7 Å². The third-order valence-electron chi connectivity index (χ3n) is 3.38. The molecule has 0 aromatic heterocycles. The van der Waals surface area contributed by atoms with Crippen LogP contribution in [0.15, 0.2) is 0 Å². The van der Waals surface area contributed by atoms with Gasteiger partial charge in [-0.25, -0.2) is 0 Å². The van der Waals surface area contributed by atoms with Gasteiger partial charge in [0.1, 0.15) is 0 Å². The second-order valence-corrected chi connectivity index (χ2v) is 5.15. The molecule has 1 rings (SSSR count). The molecule has 1 aliphatic rings. The lowest BCUT2D eigenvalue weighted by Crippen LogP contribution is -2.45. The van der Waals surface area contributed by atoms with Gasteiger partial charge in [0.05, 0.1) is 6.04 Å². The monoisotopic (exact) mass is 291 g/mol. The van der Waals surface area contributed by atoms with Crippen LogP contribution in [0, 0.1) is 5.92 Å². The number of amides is 2. The van der Waals surface area contributed by atoms with E-state index in [2.05, 4.69) is 10.6 Å². The van der Waals surface area contributed by atoms with Crippen LogP contribution in [0.1, 0.15) is 46.0 Å². The van der Waals surface area contributed by atoms with Crippen LogP contribution in [0.3, 0.4) is 0 Å². The Balaban J connectivity index is 0.00000324. The molecular formula is C13H26ClN3O2. The second kappa shape index (κ2) is 9.15. The molecule has 2 atom stereocenters. The first-order chi connectivity index (χ1) is 8.54. The fraction of sp³-hybridized carbons (Fsp3) is 0.846. The Morgan fingerprint density at radius 1 is 1.37 bits per heavy atom. The molecule has 1 saturated carbocycles. The van der Waals surface area contributed by atoms with Gasteiger partial charge in [-0.2, -0.15) is 0 Å². The van der Waals surface area contributed by atoms with Gasteiger partial charge in [-0.1, -0.05) is 20.3 Å². The molecule has 112 valence electrons. The van der Waals surface area contributed by atoms with E-state index >= 15 is 0 Å². The maximum atomic E-state index is 11.6. The molecule has 0 aromatic carbocycles. The van der Waals surface area contributed by atoms with Crippen molar-refractivity contribution in [1.29, 1.82) is 0 Å². The number of carbonyl (C=O) groups is 2. The van der Waals surface area contributed by atoms with Crippen LogP contribution >= 0.6 is 12.4 Å². The zero-order valence-electron chi connectivity index (χ0n) is 11.8. The lowest BCUT2D eigenvalue weighted by Gasteiger charge is -2.17. The van der Waals surface area contributed by atoms with E-state index in [0.29, 0.717) is 25.4 Å². The first kappa shape index (κ1) is 18.2. The van der Waals surface area contributed by atoms with Crippen LogP contribution in [0.5, 0.6) is 0 Å². The highest BCUT2D eigenvalue weighted by Crippen LogP contribution is 2.18. The molecule has 0 spiro atoms. The molecule has 6 heteroatoms. The summed E-state index contributed by atoms with van der Waals surface area (Å²) in [5.74, 6) is 0.146. The van der Waals surface area contributed by atoms with Gasteiger partial charge in [-0.05, 0) is 25.2 Å². The summed E-state index contributed by atoms with van der Waals surface area (Å²) in [4.78, 5) is 23.0. The minimum atomic E-state index is -0.449. The summed E-state index contributed by atoms with van der Waals surface area (Å²) in [6.45, 7) is 4.49. The van der Waals surface area contributed by atoms with Crippen molar-refractivity contribution in [3.63, 3.8) is 0 Å². The van der Waals surface area contributed by atoms with Gasteiger partial charge in [0.2, 0.25) is 11.8 Å². The molecule has 0 heterocycles. The minimum Gasteiger partial charge on any atom is -0.355 e. The van der Waals surface area contributed by atoms with Crippen molar-refractivity contribution < 1.29 is 9.59 Å². The maximum absolute atomic E-state index is 11.6. The Kier molecular flexibility index (Phi) is 8.76. The Bertz CT molecular complexity index is 296. The summed E-state index contributed by atoms with van der Waals surface area (Å²) in [6, 6.07) is -0.0405. The average Bonchev–Trinajstić information content (AvgIpc) is 3.16. The van der Waals surface area contributed by atoms with E-state index in [-0.39, 0.29) is 30.1 Å². The number of nitrogens with one attached hydrogen (secondary N) is 2. The molecule has 0 saturated heterocycles. The van der Waals surface area contributed by atoms with E-state index in [1.165, 1.54) is 0 Å². The van der Waals surface area contributed by atoms with E-state index in [9.17, 15) is 9.59 Å². The molecule has 4 N–H and O–H groups in total. The first-order valence-electron chi connectivity index (χ1n) is 6.87. The average molecular weight is 292 g/mol. The first-order valence-corrected chi connectivity index (χ1v) is 6.87. The van der Waals surface area contributed by atoms with Crippen molar-refractivity contribution in [2.75, 3.05) is 6.54 Å². The molecule has 5 nitrogen and oxygen atoms in total. The van der Waals surface area contributed by atoms with Crippen LogP contribution in [0.25, 0.3) is 0 Å². The zero-order chi connectivity index (χ0) is 13.5. The third-order valence-corrected chi connectivity index (χ3v) is 3.38. The van der Waals surface area contributed by atoms with Gasteiger partial charge in [0, 0.05) is 19.0 Å². The van der Waals surface area contributed by atoms with Crippen molar-refractivity contribution in [1.82, 2.24) is 10.6 Å². The Hall–Kier alpha value is -0.810. The molecule has 2 amide bonds. The summed E-state index contributed by atoms with van der Waals surface area (Å²) in [5, 5.41) is 5.69. The summed E-state index contributed by atoms with van der Waals surface area (Å²) < 4.78 is 0. The lowest BCUT2D eigenvalue weighted by molar-refractivity contribution is -0.124. The Morgan fingerprint density at radius 3 is 2.53 bits per heavy atom. The molecule has 1 fully saturated rings. The molecule has 0 aromatic rings. The molecule has 19 heavy (non-hydrogen) atoms. The number of carbonyl (C=O) groups excluding carboxylic acids is 2. The fourth-order valence-corrected chi connectivity index (χ4v) is 1.62. The lowest BCUT2D eigenvalue weighted by atomic mass is 9.99. The summed E-state index contributed by atoms with van der Waals surface area (Å²) in [6.07, 6.45) is 4.23. The van der Waals surface area contributed by atoms with E-state index in [4.69, 9.17) is 5.73 Å². The number of nitrogens with two attached hydrogens (primary N) is 1.